The highest BCUT2D eigenvalue weighted by atomic mass is 35.5. The van der Waals surface area contributed by atoms with Crippen LogP contribution in [0.15, 0.2) is 66.7 Å². The van der Waals surface area contributed by atoms with Crippen molar-refractivity contribution in [2.24, 2.45) is 0 Å². The third-order valence-electron chi connectivity index (χ3n) is 8.03. The van der Waals surface area contributed by atoms with Crippen LogP contribution in [0.1, 0.15) is 22.9 Å². The van der Waals surface area contributed by atoms with E-state index < -0.39 is 6.10 Å². The summed E-state index contributed by atoms with van der Waals surface area (Å²) in [6.45, 7) is 6.36. The number of halogens is 2. The summed E-state index contributed by atoms with van der Waals surface area (Å²) >= 11 is 6.27. The first-order valence-corrected chi connectivity index (χ1v) is 14.9. The fraction of sp³-hybridized carbons (Fsp3) is 0.364. The maximum absolute atomic E-state index is 12.2. The number of aromatic nitrogens is 1. The van der Waals surface area contributed by atoms with Crippen LogP contribution in [0.25, 0.3) is 10.9 Å². The molecule has 2 unspecified atom stereocenters. The Labute approximate surface area is 256 Å². The van der Waals surface area contributed by atoms with E-state index in [9.17, 15) is 14.3 Å². The van der Waals surface area contributed by atoms with Crippen molar-refractivity contribution in [2.75, 3.05) is 60.0 Å². The van der Waals surface area contributed by atoms with Gasteiger partial charge in [0, 0.05) is 60.9 Å². The van der Waals surface area contributed by atoms with Crippen LogP contribution in [0.5, 0.6) is 11.5 Å². The van der Waals surface area contributed by atoms with Gasteiger partial charge in [-0.3, -0.25) is 14.6 Å². The molecular weight excluding hydrogens is 571 g/mol. The highest BCUT2D eigenvalue weighted by Crippen LogP contribution is 2.38. The Morgan fingerprint density at radius 3 is 2.40 bits per heavy atom. The van der Waals surface area contributed by atoms with Gasteiger partial charge in [-0.15, -0.1) is 0 Å². The summed E-state index contributed by atoms with van der Waals surface area (Å²) in [7, 11) is 4.31. The van der Waals surface area contributed by atoms with Gasteiger partial charge in [0.25, 0.3) is 6.47 Å². The van der Waals surface area contributed by atoms with E-state index in [-0.39, 0.29) is 11.9 Å². The fourth-order valence-corrected chi connectivity index (χ4v) is 5.86. The molecular formula is C33H38ClFN4O4. The molecule has 4 aromatic rings. The van der Waals surface area contributed by atoms with Crippen molar-refractivity contribution < 1.29 is 23.8 Å². The fourth-order valence-electron chi connectivity index (χ4n) is 5.69. The Balaban J connectivity index is 0.000000314. The number of aliphatic hydroxyl groups is 1. The van der Waals surface area contributed by atoms with Crippen LogP contribution in [0.2, 0.25) is 5.02 Å². The molecule has 2 atom stereocenters. The number of ether oxygens (including phenoxy) is 2. The molecule has 1 fully saturated rings. The molecule has 2 aliphatic rings. The van der Waals surface area contributed by atoms with Gasteiger partial charge in [0.05, 0.1) is 6.04 Å². The third kappa shape index (κ3) is 7.93. The average molecular weight is 609 g/mol. The topological polar surface area (TPSA) is 81.3 Å². The molecule has 0 aliphatic carbocycles. The number of carbonyl (C=O) groups excluding carboxylic acids is 1. The SMILES string of the molecule is CN1CCN(CC(O)COc2ccc(C3c4[nH]c5ccc(Cl)cc5c4CCN3C)cc2)CC1.O=COc1ccc(F)cc1. The van der Waals surface area contributed by atoms with Crippen molar-refractivity contribution in [3.63, 3.8) is 0 Å². The summed E-state index contributed by atoms with van der Waals surface area (Å²) in [5.41, 5.74) is 4.97. The highest BCUT2D eigenvalue weighted by molar-refractivity contribution is 6.31. The number of β-amino-alcohol motifs (C(OH)–C–C–N with tert-alkyl or cyclic N) is 1. The quantitative estimate of drug-likeness (QED) is 0.280. The number of hydrogen-bond acceptors (Lipinski definition) is 7. The minimum absolute atomic E-state index is 0.164. The van der Waals surface area contributed by atoms with Crippen molar-refractivity contribution in [2.45, 2.75) is 18.6 Å². The van der Waals surface area contributed by atoms with Crippen LogP contribution >= 0.6 is 11.6 Å². The van der Waals surface area contributed by atoms with E-state index in [1.807, 2.05) is 18.2 Å². The predicted molar refractivity (Wildman–Crippen MR) is 166 cm³/mol. The minimum Gasteiger partial charge on any atom is -0.491 e. The van der Waals surface area contributed by atoms with E-state index in [2.05, 4.69) is 62.8 Å². The normalized spacial score (nSPS) is 18.4. The number of hydrogen-bond donors (Lipinski definition) is 2. The Kier molecular flexibility index (Phi) is 10.3. The van der Waals surface area contributed by atoms with Gasteiger partial charge in [-0.2, -0.15) is 0 Å². The summed E-state index contributed by atoms with van der Waals surface area (Å²) in [6, 6.07) is 19.7. The summed E-state index contributed by atoms with van der Waals surface area (Å²) in [6.07, 6.45) is 0.521. The van der Waals surface area contributed by atoms with Gasteiger partial charge >= 0.3 is 0 Å². The summed E-state index contributed by atoms with van der Waals surface area (Å²) in [4.78, 5) is 20.4. The number of H-pyrrole nitrogens is 1. The number of likely N-dealkylation sites (N-methyl/N-ethyl adjacent to an activating group) is 2. The summed E-state index contributed by atoms with van der Waals surface area (Å²) in [5, 5.41) is 12.4. The number of nitrogens with one attached hydrogen (secondary N) is 1. The van der Waals surface area contributed by atoms with Crippen molar-refractivity contribution in [1.29, 1.82) is 0 Å². The first kappa shape index (κ1) is 31.0. The number of aromatic amines is 1. The highest BCUT2D eigenvalue weighted by Gasteiger charge is 2.29. The molecule has 0 amide bonds. The monoisotopic (exact) mass is 608 g/mol. The molecule has 0 saturated carbocycles. The number of rotatable bonds is 8. The Morgan fingerprint density at radius 2 is 1.70 bits per heavy atom. The second-order valence-electron chi connectivity index (χ2n) is 11.1. The molecule has 43 heavy (non-hydrogen) atoms. The van der Waals surface area contributed by atoms with E-state index in [4.69, 9.17) is 16.3 Å². The lowest BCUT2D eigenvalue weighted by Crippen LogP contribution is -2.47. The van der Waals surface area contributed by atoms with Crippen LogP contribution in [0, 0.1) is 5.82 Å². The molecule has 3 aromatic carbocycles. The molecule has 0 radical (unpaired) electrons. The van der Waals surface area contributed by atoms with Crippen LogP contribution in [-0.4, -0.2) is 97.3 Å². The molecule has 1 aromatic heterocycles. The molecule has 3 heterocycles. The molecule has 8 nitrogen and oxygen atoms in total. The number of nitrogens with zero attached hydrogens (tertiary/aromatic N) is 3. The van der Waals surface area contributed by atoms with Crippen molar-refractivity contribution in [1.82, 2.24) is 19.7 Å². The van der Waals surface area contributed by atoms with Crippen LogP contribution in [0.3, 0.4) is 0 Å². The van der Waals surface area contributed by atoms with Gasteiger partial charge in [-0.1, -0.05) is 23.7 Å². The molecule has 0 bridgehead atoms. The molecule has 6 rings (SSSR count). The summed E-state index contributed by atoms with van der Waals surface area (Å²) < 4.78 is 22.5. The maximum Gasteiger partial charge on any atom is 0.298 e. The van der Waals surface area contributed by atoms with Gasteiger partial charge in [-0.05, 0) is 86.2 Å². The zero-order valence-corrected chi connectivity index (χ0v) is 25.3. The predicted octanol–water partition coefficient (Wildman–Crippen LogP) is 4.75. The molecule has 2 N–H and O–H groups in total. The van der Waals surface area contributed by atoms with E-state index in [0.29, 0.717) is 25.4 Å². The smallest absolute Gasteiger partial charge is 0.298 e. The van der Waals surface area contributed by atoms with E-state index in [0.717, 1.165) is 55.4 Å². The van der Waals surface area contributed by atoms with Crippen molar-refractivity contribution in [3.8, 4) is 11.5 Å². The lowest BCUT2D eigenvalue weighted by molar-refractivity contribution is -0.120. The van der Waals surface area contributed by atoms with Crippen molar-refractivity contribution >= 4 is 29.0 Å². The Hall–Kier alpha value is -3.47. The van der Waals surface area contributed by atoms with Gasteiger partial charge in [0.2, 0.25) is 0 Å². The zero-order valence-electron chi connectivity index (χ0n) is 24.5. The lowest BCUT2D eigenvalue weighted by Gasteiger charge is -2.33. The van der Waals surface area contributed by atoms with Gasteiger partial charge in [0.1, 0.15) is 30.0 Å². The van der Waals surface area contributed by atoms with Gasteiger partial charge < -0.3 is 24.5 Å². The standard InChI is InChI=1S/C26H33ClN4O2.C7H5FO2/c1-29-11-13-31(14-12-29)16-20(32)17-33-21-6-3-18(4-7-21)26-25-22(9-10-30(26)2)23-15-19(27)5-8-24(23)28-25;8-6-1-3-7(4-2-6)10-5-9/h3-8,15,20,26,28,32H,9-14,16-17H2,1-2H3;1-5H. The Morgan fingerprint density at radius 1 is 1.00 bits per heavy atom. The number of piperazine rings is 1. The molecule has 10 heteroatoms. The van der Waals surface area contributed by atoms with E-state index >= 15 is 0 Å². The van der Waals surface area contributed by atoms with Crippen molar-refractivity contribution in [3.05, 3.63) is 94.4 Å². The number of aliphatic hydroxyl groups excluding tert-OH is 1. The largest absolute Gasteiger partial charge is 0.491 e. The average Bonchev–Trinajstić information content (AvgIpc) is 3.37. The molecule has 1 saturated heterocycles. The van der Waals surface area contributed by atoms with Crippen LogP contribution < -0.4 is 9.47 Å². The van der Waals surface area contributed by atoms with Crippen LogP contribution in [-0.2, 0) is 11.2 Å². The molecule has 0 spiro atoms. The van der Waals surface area contributed by atoms with Gasteiger partial charge in [0.15, 0.2) is 0 Å². The van der Waals surface area contributed by atoms with Gasteiger partial charge in [-0.25, -0.2) is 4.39 Å². The third-order valence-corrected chi connectivity index (χ3v) is 8.27. The minimum atomic E-state index is -0.488. The van der Waals surface area contributed by atoms with Crippen LogP contribution in [0.4, 0.5) is 4.39 Å². The first-order chi connectivity index (χ1) is 20.8. The summed E-state index contributed by atoms with van der Waals surface area (Å²) in [5.74, 6) is 0.785. The lowest BCUT2D eigenvalue weighted by atomic mass is 9.93. The molecule has 2 aliphatic heterocycles. The first-order valence-electron chi connectivity index (χ1n) is 14.5. The second-order valence-corrected chi connectivity index (χ2v) is 11.6. The number of benzene rings is 3. The maximum atomic E-state index is 12.2. The number of fused-ring (bicyclic) bond motifs is 3. The number of carbonyl (C=O) groups is 1. The Bertz CT molecular complexity index is 1490. The van der Waals surface area contributed by atoms with E-state index in [1.165, 1.54) is 46.5 Å². The van der Waals surface area contributed by atoms with E-state index in [1.54, 1.807) is 0 Å². The second kappa shape index (κ2) is 14.3. The zero-order chi connectivity index (χ0) is 30.3. The molecule has 228 valence electrons.